The average Bonchev–Trinajstić information content (AvgIpc) is 2.65. The standard InChI is InChI=1S/C11H19NO3/c1-4-15-11(14)9-6-5-7-12(9)10(13)8(2)3/h8-9H,4-7H2,1-3H3. The molecular formula is C11H19NO3. The quantitative estimate of drug-likeness (QED) is 0.662. The lowest BCUT2D eigenvalue weighted by Gasteiger charge is -2.24. The van der Waals surface area contributed by atoms with Crippen LogP contribution in [0.3, 0.4) is 0 Å². The zero-order valence-corrected chi connectivity index (χ0v) is 9.66. The van der Waals surface area contributed by atoms with E-state index in [9.17, 15) is 9.59 Å². The summed E-state index contributed by atoms with van der Waals surface area (Å²) in [6.07, 6.45) is 1.62. The Morgan fingerprint density at radius 1 is 1.47 bits per heavy atom. The molecule has 1 fully saturated rings. The minimum Gasteiger partial charge on any atom is -0.464 e. The predicted molar refractivity (Wildman–Crippen MR) is 56.2 cm³/mol. The van der Waals surface area contributed by atoms with E-state index in [0.29, 0.717) is 13.2 Å². The summed E-state index contributed by atoms with van der Waals surface area (Å²) in [7, 11) is 0. The van der Waals surface area contributed by atoms with E-state index in [-0.39, 0.29) is 23.8 Å². The number of rotatable bonds is 3. The number of carbonyl (C=O) groups is 2. The van der Waals surface area contributed by atoms with Gasteiger partial charge in [-0.05, 0) is 19.8 Å². The Morgan fingerprint density at radius 3 is 2.67 bits per heavy atom. The minimum absolute atomic E-state index is 0.0468. The van der Waals surface area contributed by atoms with Gasteiger partial charge in [-0.25, -0.2) is 4.79 Å². The number of likely N-dealkylation sites (tertiary alicyclic amines) is 1. The van der Waals surface area contributed by atoms with Gasteiger partial charge in [-0.1, -0.05) is 13.8 Å². The van der Waals surface area contributed by atoms with Gasteiger partial charge in [0.2, 0.25) is 5.91 Å². The van der Waals surface area contributed by atoms with Crippen LogP contribution in [0.2, 0.25) is 0 Å². The van der Waals surface area contributed by atoms with Crippen LogP contribution in [0.4, 0.5) is 0 Å². The number of nitrogens with zero attached hydrogens (tertiary/aromatic N) is 1. The summed E-state index contributed by atoms with van der Waals surface area (Å²) in [6.45, 7) is 6.53. The second-order valence-corrected chi connectivity index (χ2v) is 4.10. The van der Waals surface area contributed by atoms with Crippen molar-refractivity contribution in [2.45, 2.75) is 39.7 Å². The van der Waals surface area contributed by atoms with Crippen LogP contribution in [-0.2, 0) is 14.3 Å². The summed E-state index contributed by atoms with van der Waals surface area (Å²) < 4.78 is 4.95. The van der Waals surface area contributed by atoms with E-state index in [1.807, 2.05) is 13.8 Å². The molecule has 1 aliphatic heterocycles. The Bertz CT molecular complexity index is 250. The average molecular weight is 213 g/mol. The van der Waals surface area contributed by atoms with Gasteiger partial charge in [0.25, 0.3) is 0 Å². The van der Waals surface area contributed by atoms with Crippen LogP contribution < -0.4 is 0 Å². The molecule has 1 saturated heterocycles. The number of esters is 1. The zero-order chi connectivity index (χ0) is 11.4. The van der Waals surface area contributed by atoms with Crippen molar-refractivity contribution in [1.29, 1.82) is 0 Å². The number of carbonyl (C=O) groups excluding carboxylic acids is 2. The van der Waals surface area contributed by atoms with Gasteiger partial charge in [0.05, 0.1) is 6.61 Å². The van der Waals surface area contributed by atoms with Gasteiger partial charge in [-0.3, -0.25) is 4.79 Å². The maximum absolute atomic E-state index is 11.8. The first kappa shape index (κ1) is 12.0. The van der Waals surface area contributed by atoms with E-state index in [4.69, 9.17) is 4.74 Å². The van der Waals surface area contributed by atoms with Crippen molar-refractivity contribution in [3.8, 4) is 0 Å². The number of hydrogen-bond donors (Lipinski definition) is 0. The van der Waals surface area contributed by atoms with Crippen LogP contribution in [0, 0.1) is 5.92 Å². The molecule has 0 aromatic carbocycles. The highest BCUT2D eigenvalue weighted by molar-refractivity contribution is 5.86. The molecule has 0 saturated carbocycles. The van der Waals surface area contributed by atoms with Crippen molar-refractivity contribution >= 4 is 11.9 Å². The molecular weight excluding hydrogens is 194 g/mol. The van der Waals surface area contributed by atoms with Crippen LogP contribution in [0.25, 0.3) is 0 Å². The molecule has 86 valence electrons. The summed E-state index contributed by atoms with van der Waals surface area (Å²) in [5.41, 5.74) is 0. The second-order valence-electron chi connectivity index (χ2n) is 4.10. The lowest BCUT2D eigenvalue weighted by molar-refractivity contribution is -0.153. The lowest BCUT2D eigenvalue weighted by Crippen LogP contribution is -2.43. The van der Waals surface area contributed by atoms with Crippen molar-refractivity contribution in [1.82, 2.24) is 4.90 Å². The van der Waals surface area contributed by atoms with Crippen LogP contribution in [0.1, 0.15) is 33.6 Å². The topological polar surface area (TPSA) is 46.6 Å². The van der Waals surface area contributed by atoms with E-state index in [1.165, 1.54) is 0 Å². The summed E-state index contributed by atoms with van der Waals surface area (Å²) in [6, 6.07) is -0.347. The molecule has 0 aliphatic carbocycles. The fraction of sp³-hybridized carbons (Fsp3) is 0.818. The van der Waals surface area contributed by atoms with E-state index in [0.717, 1.165) is 12.8 Å². The Labute approximate surface area is 90.6 Å². The second kappa shape index (κ2) is 5.14. The summed E-state index contributed by atoms with van der Waals surface area (Å²) in [5.74, 6) is -0.269. The zero-order valence-electron chi connectivity index (χ0n) is 9.66. The number of hydrogen-bond acceptors (Lipinski definition) is 3. The summed E-state index contributed by atoms with van der Waals surface area (Å²) in [4.78, 5) is 25.0. The molecule has 1 rings (SSSR count). The molecule has 4 nitrogen and oxygen atoms in total. The molecule has 0 radical (unpaired) electrons. The molecule has 4 heteroatoms. The van der Waals surface area contributed by atoms with Crippen LogP contribution >= 0.6 is 0 Å². The Morgan fingerprint density at radius 2 is 2.13 bits per heavy atom. The molecule has 0 aromatic rings. The minimum atomic E-state index is -0.347. The molecule has 1 aliphatic rings. The van der Waals surface area contributed by atoms with Gasteiger partial charge >= 0.3 is 5.97 Å². The van der Waals surface area contributed by atoms with E-state index < -0.39 is 0 Å². The highest BCUT2D eigenvalue weighted by Gasteiger charge is 2.35. The Kier molecular flexibility index (Phi) is 4.12. The van der Waals surface area contributed by atoms with E-state index >= 15 is 0 Å². The maximum atomic E-state index is 11.8. The molecule has 0 aromatic heterocycles. The molecule has 0 bridgehead atoms. The number of amides is 1. The van der Waals surface area contributed by atoms with Crippen LogP contribution in [-0.4, -0.2) is 36.0 Å². The molecule has 0 N–H and O–H groups in total. The molecule has 1 unspecified atom stereocenters. The van der Waals surface area contributed by atoms with E-state index in [2.05, 4.69) is 0 Å². The summed E-state index contributed by atoms with van der Waals surface area (Å²) >= 11 is 0. The number of ether oxygens (including phenoxy) is 1. The van der Waals surface area contributed by atoms with Crippen molar-refractivity contribution in [2.24, 2.45) is 5.92 Å². The first-order valence-corrected chi connectivity index (χ1v) is 5.55. The van der Waals surface area contributed by atoms with Crippen molar-refractivity contribution in [2.75, 3.05) is 13.2 Å². The molecule has 1 atom stereocenters. The first-order chi connectivity index (χ1) is 7.07. The smallest absolute Gasteiger partial charge is 0.328 e. The largest absolute Gasteiger partial charge is 0.464 e. The van der Waals surface area contributed by atoms with Crippen LogP contribution in [0.5, 0.6) is 0 Å². The monoisotopic (exact) mass is 213 g/mol. The van der Waals surface area contributed by atoms with Gasteiger partial charge in [0.15, 0.2) is 0 Å². The fourth-order valence-electron chi connectivity index (χ4n) is 1.85. The van der Waals surface area contributed by atoms with Crippen LogP contribution in [0.15, 0.2) is 0 Å². The Hall–Kier alpha value is -1.06. The first-order valence-electron chi connectivity index (χ1n) is 5.55. The third-order valence-electron chi connectivity index (χ3n) is 2.59. The van der Waals surface area contributed by atoms with Gasteiger partial charge in [-0.2, -0.15) is 0 Å². The fourth-order valence-corrected chi connectivity index (χ4v) is 1.85. The predicted octanol–water partition coefficient (Wildman–Crippen LogP) is 1.20. The highest BCUT2D eigenvalue weighted by atomic mass is 16.5. The van der Waals surface area contributed by atoms with Gasteiger partial charge in [0.1, 0.15) is 6.04 Å². The highest BCUT2D eigenvalue weighted by Crippen LogP contribution is 2.20. The van der Waals surface area contributed by atoms with Crippen molar-refractivity contribution < 1.29 is 14.3 Å². The Balaban J connectivity index is 2.64. The van der Waals surface area contributed by atoms with Crippen molar-refractivity contribution in [3.05, 3.63) is 0 Å². The summed E-state index contributed by atoms with van der Waals surface area (Å²) in [5, 5.41) is 0. The SMILES string of the molecule is CCOC(=O)C1CCCN1C(=O)C(C)C. The maximum Gasteiger partial charge on any atom is 0.328 e. The normalized spacial score (nSPS) is 20.8. The van der Waals surface area contributed by atoms with Gasteiger partial charge < -0.3 is 9.64 Å². The third kappa shape index (κ3) is 2.70. The lowest BCUT2D eigenvalue weighted by atomic mass is 10.1. The van der Waals surface area contributed by atoms with Crippen molar-refractivity contribution in [3.63, 3.8) is 0 Å². The molecule has 1 heterocycles. The van der Waals surface area contributed by atoms with Gasteiger partial charge in [0, 0.05) is 12.5 Å². The van der Waals surface area contributed by atoms with E-state index in [1.54, 1.807) is 11.8 Å². The van der Waals surface area contributed by atoms with Gasteiger partial charge in [-0.15, -0.1) is 0 Å². The molecule has 1 amide bonds. The molecule has 0 spiro atoms. The third-order valence-corrected chi connectivity index (χ3v) is 2.59. The molecule has 15 heavy (non-hydrogen) atoms.